The van der Waals surface area contributed by atoms with Crippen LogP contribution >= 0.6 is 0 Å². The molecule has 2 N–H and O–H groups in total. The molecule has 0 spiro atoms. The van der Waals surface area contributed by atoms with E-state index in [1.165, 1.54) is 19.2 Å². The number of Topliss-reactive ketones (excluding diaryl/α,β-unsaturated/α-hetero) is 1. The van der Waals surface area contributed by atoms with Gasteiger partial charge in [0.2, 0.25) is 11.8 Å². The summed E-state index contributed by atoms with van der Waals surface area (Å²) in [5.74, 6) is -0.958. The molecular formula is C26H28FN3O3. The van der Waals surface area contributed by atoms with E-state index < -0.39 is 11.9 Å². The van der Waals surface area contributed by atoms with Crippen LogP contribution in [0.3, 0.4) is 0 Å². The van der Waals surface area contributed by atoms with Crippen LogP contribution in [0, 0.1) is 11.2 Å². The molecule has 2 aromatic rings. The molecule has 2 amide bonds. The van der Waals surface area contributed by atoms with Crippen LogP contribution in [-0.4, -0.2) is 24.6 Å². The highest BCUT2D eigenvalue weighted by Gasteiger charge is 2.43. The van der Waals surface area contributed by atoms with Crippen LogP contribution in [0.15, 0.2) is 59.8 Å². The van der Waals surface area contributed by atoms with Crippen molar-refractivity contribution in [2.75, 3.05) is 17.3 Å². The van der Waals surface area contributed by atoms with Gasteiger partial charge in [-0.05, 0) is 41.7 Å². The van der Waals surface area contributed by atoms with Crippen molar-refractivity contribution in [1.82, 2.24) is 5.32 Å². The van der Waals surface area contributed by atoms with Gasteiger partial charge in [0.05, 0.1) is 17.4 Å². The topological polar surface area (TPSA) is 78.5 Å². The van der Waals surface area contributed by atoms with E-state index in [1.807, 2.05) is 38.1 Å². The fourth-order valence-corrected chi connectivity index (χ4v) is 4.69. The van der Waals surface area contributed by atoms with Gasteiger partial charge in [-0.3, -0.25) is 19.3 Å². The summed E-state index contributed by atoms with van der Waals surface area (Å²) >= 11 is 0. The number of ketones is 1. The maximum absolute atomic E-state index is 13.8. The smallest absolute Gasteiger partial charge is 0.228 e. The van der Waals surface area contributed by atoms with Crippen molar-refractivity contribution in [3.63, 3.8) is 0 Å². The lowest BCUT2D eigenvalue weighted by molar-refractivity contribution is -0.125. The molecule has 1 heterocycles. The molecule has 0 saturated heterocycles. The molecule has 0 saturated carbocycles. The average molecular weight is 450 g/mol. The van der Waals surface area contributed by atoms with Crippen LogP contribution in [-0.2, 0) is 14.4 Å². The van der Waals surface area contributed by atoms with Crippen molar-refractivity contribution in [3.8, 4) is 0 Å². The molecule has 0 bridgehead atoms. The van der Waals surface area contributed by atoms with Gasteiger partial charge in [-0.2, -0.15) is 0 Å². The predicted octanol–water partition coefficient (Wildman–Crippen LogP) is 4.49. The van der Waals surface area contributed by atoms with Crippen molar-refractivity contribution >= 4 is 29.0 Å². The van der Waals surface area contributed by atoms with Gasteiger partial charge in [0, 0.05) is 37.6 Å². The van der Waals surface area contributed by atoms with Crippen LogP contribution in [0.1, 0.15) is 51.1 Å². The standard InChI is InChI=1S/C26H28FN3O3/c1-26(2)14-19-24(21(31)15-26)25(16-8-10-17(27)11-9-16)30(23(33)13-12-22(32)28-3)20-7-5-4-6-18(20)29-19/h4-11,25,29H,12-15H2,1-3H3,(H,28,32)/t25-/m1/s1. The fourth-order valence-electron chi connectivity index (χ4n) is 4.69. The molecular weight excluding hydrogens is 421 g/mol. The van der Waals surface area contributed by atoms with E-state index in [-0.39, 0.29) is 35.9 Å². The molecule has 2 aliphatic rings. The van der Waals surface area contributed by atoms with Crippen molar-refractivity contribution in [1.29, 1.82) is 0 Å². The van der Waals surface area contributed by atoms with Crippen LogP contribution in [0.25, 0.3) is 0 Å². The van der Waals surface area contributed by atoms with Gasteiger partial charge in [-0.15, -0.1) is 0 Å². The number of anilines is 2. The quantitative estimate of drug-likeness (QED) is 0.721. The number of hydrogen-bond acceptors (Lipinski definition) is 4. The van der Waals surface area contributed by atoms with E-state index in [9.17, 15) is 18.8 Å². The third-order valence-corrected chi connectivity index (χ3v) is 6.20. The summed E-state index contributed by atoms with van der Waals surface area (Å²) in [5, 5.41) is 5.97. The van der Waals surface area contributed by atoms with E-state index in [0.717, 1.165) is 5.70 Å². The summed E-state index contributed by atoms with van der Waals surface area (Å²) in [5.41, 5.74) is 3.04. The van der Waals surface area contributed by atoms with Gasteiger partial charge in [-0.1, -0.05) is 38.1 Å². The summed E-state index contributed by atoms with van der Waals surface area (Å²) in [6.45, 7) is 4.10. The third-order valence-electron chi connectivity index (χ3n) is 6.20. The second-order valence-electron chi connectivity index (χ2n) is 9.37. The van der Waals surface area contributed by atoms with Gasteiger partial charge in [0.1, 0.15) is 5.82 Å². The molecule has 1 aliphatic carbocycles. The number of benzene rings is 2. The van der Waals surface area contributed by atoms with Crippen LogP contribution in [0.5, 0.6) is 0 Å². The summed E-state index contributed by atoms with van der Waals surface area (Å²) < 4.78 is 13.8. The Kier molecular flexibility index (Phi) is 6.06. The van der Waals surface area contributed by atoms with E-state index in [2.05, 4.69) is 10.6 Å². The molecule has 6 nitrogen and oxygen atoms in total. The fraction of sp³-hybridized carbons (Fsp3) is 0.346. The van der Waals surface area contributed by atoms with Gasteiger partial charge >= 0.3 is 0 Å². The van der Waals surface area contributed by atoms with E-state index in [1.54, 1.807) is 17.0 Å². The summed E-state index contributed by atoms with van der Waals surface area (Å²) in [6.07, 6.45) is 1.00. The Morgan fingerprint density at radius 1 is 1.09 bits per heavy atom. The predicted molar refractivity (Wildman–Crippen MR) is 125 cm³/mol. The second kappa shape index (κ2) is 8.81. The van der Waals surface area contributed by atoms with E-state index >= 15 is 0 Å². The Morgan fingerprint density at radius 3 is 2.48 bits per heavy atom. The summed E-state index contributed by atoms with van der Waals surface area (Å²) in [4.78, 5) is 40.6. The normalized spacial score (nSPS) is 19.2. The first-order valence-electron chi connectivity index (χ1n) is 11.1. The summed E-state index contributed by atoms with van der Waals surface area (Å²) in [7, 11) is 1.53. The molecule has 7 heteroatoms. The first-order valence-corrected chi connectivity index (χ1v) is 11.1. The molecule has 1 aliphatic heterocycles. The van der Waals surface area contributed by atoms with Gasteiger partial charge in [0.25, 0.3) is 0 Å². The lowest BCUT2D eigenvalue weighted by Gasteiger charge is -2.37. The molecule has 33 heavy (non-hydrogen) atoms. The number of halogens is 1. The number of nitrogens with one attached hydrogen (secondary N) is 2. The molecule has 2 aromatic carbocycles. The minimum atomic E-state index is -0.725. The monoisotopic (exact) mass is 449 g/mol. The highest BCUT2D eigenvalue weighted by atomic mass is 19.1. The molecule has 0 fully saturated rings. The number of hydrogen-bond donors (Lipinski definition) is 2. The number of carbonyl (C=O) groups excluding carboxylic acids is 3. The van der Waals surface area contributed by atoms with Crippen molar-refractivity contribution < 1.29 is 18.8 Å². The summed E-state index contributed by atoms with van der Waals surface area (Å²) in [6, 6.07) is 12.6. The average Bonchev–Trinajstić information content (AvgIpc) is 2.91. The molecule has 0 aromatic heterocycles. The zero-order valence-electron chi connectivity index (χ0n) is 19.1. The first-order chi connectivity index (χ1) is 15.7. The van der Waals surface area contributed by atoms with Crippen molar-refractivity contribution in [3.05, 3.63) is 71.2 Å². The lowest BCUT2D eigenvalue weighted by Crippen LogP contribution is -2.40. The number of nitrogens with zero attached hydrogens (tertiary/aromatic N) is 1. The van der Waals surface area contributed by atoms with Gasteiger partial charge in [-0.25, -0.2) is 4.39 Å². The number of carbonyl (C=O) groups is 3. The SMILES string of the molecule is CNC(=O)CCC(=O)N1c2ccccc2NC2=C(C(=O)CC(C)(C)C2)[C@H]1c1ccc(F)cc1. The van der Waals surface area contributed by atoms with Crippen LogP contribution < -0.4 is 15.5 Å². The number of para-hydroxylation sites is 2. The Labute approximate surface area is 192 Å². The van der Waals surface area contributed by atoms with Crippen LogP contribution in [0.4, 0.5) is 15.8 Å². The Bertz CT molecular complexity index is 1140. The molecule has 0 radical (unpaired) electrons. The Balaban J connectivity index is 1.92. The van der Waals surface area contributed by atoms with Gasteiger partial charge < -0.3 is 10.6 Å². The Morgan fingerprint density at radius 2 is 1.79 bits per heavy atom. The van der Waals surface area contributed by atoms with Crippen molar-refractivity contribution in [2.45, 2.75) is 45.6 Å². The highest BCUT2D eigenvalue weighted by Crippen LogP contribution is 2.48. The van der Waals surface area contributed by atoms with Crippen molar-refractivity contribution in [2.24, 2.45) is 5.41 Å². The number of fused-ring (bicyclic) bond motifs is 1. The van der Waals surface area contributed by atoms with E-state index in [0.29, 0.717) is 35.4 Å². The number of amides is 2. The van der Waals surface area contributed by atoms with E-state index in [4.69, 9.17) is 0 Å². The number of rotatable bonds is 4. The first kappa shape index (κ1) is 22.7. The lowest BCUT2D eigenvalue weighted by atomic mass is 9.73. The van der Waals surface area contributed by atoms with Crippen LogP contribution in [0.2, 0.25) is 0 Å². The maximum Gasteiger partial charge on any atom is 0.228 e. The zero-order valence-corrected chi connectivity index (χ0v) is 19.1. The molecule has 4 rings (SSSR count). The molecule has 172 valence electrons. The minimum absolute atomic E-state index is 0.0198. The zero-order chi connectivity index (χ0) is 23.8. The minimum Gasteiger partial charge on any atom is -0.359 e. The number of allylic oxidation sites excluding steroid dienone is 1. The second-order valence-corrected chi connectivity index (χ2v) is 9.37. The highest BCUT2D eigenvalue weighted by molar-refractivity contribution is 6.06. The largest absolute Gasteiger partial charge is 0.359 e. The molecule has 1 atom stereocenters. The molecule has 0 unspecified atom stereocenters. The van der Waals surface area contributed by atoms with Gasteiger partial charge in [0.15, 0.2) is 5.78 Å². The maximum atomic E-state index is 13.8. The Hall–Kier alpha value is -3.48. The third kappa shape index (κ3) is 4.53.